The first-order valence-electron chi connectivity index (χ1n) is 6.67. The lowest BCUT2D eigenvalue weighted by Crippen LogP contribution is -3.11. The molecule has 2 aromatic heterocycles. The minimum absolute atomic E-state index is 0.966. The molecule has 2 rings (SSSR count). The van der Waals surface area contributed by atoms with E-state index in [-0.39, 0.29) is 0 Å². The largest absolute Gasteiger partial charge is 0.335 e. The SMILES string of the molecule is CC[NH+](CC)CCSc1ccc(-c2cccs2)nn1. The molecule has 0 aliphatic carbocycles. The highest BCUT2D eigenvalue weighted by atomic mass is 32.2. The summed E-state index contributed by atoms with van der Waals surface area (Å²) in [5, 5.41) is 11.7. The maximum Gasteiger partial charge on any atom is 0.119 e. The maximum absolute atomic E-state index is 4.29. The number of hydrogen-bond donors (Lipinski definition) is 1. The first-order chi connectivity index (χ1) is 9.33. The fourth-order valence-electron chi connectivity index (χ4n) is 1.86. The van der Waals surface area contributed by atoms with Crippen LogP contribution in [0.3, 0.4) is 0 Å². The van der Waals surface area contributed by atoms with Crippen LogP contribution in [0.2, 0.25) is 0 Å². The molecule has 3 nitrogen and oxygen atoms in total. The van der Waals surface area contributed by atoms with Gasteiger partial charge in [0.15, 0.2) is 0 Å². The van der Waals surface area contributed by atoms with Crippen LogP contribution >= 0.6 is 23.1 Å². The van der Waals surface area contributed by atoms with E-state index in [1.54, 1.807) is 28.0 Å². The van der Waals surface area contributed by atoms with Crippen LogP contribution in [0.5, 0.6) is 0 Å². The van der Waals surface area contributed by atoms with Gasteiger partial charge in [-0.1, -0.05) is 17.8 Å². The van der Waals surface area contributed by atoms with E-state index in [2.05, 4.69) is 47.6 Å². The molecule has 5 heteroatoms. The number of thioether (sulfide) groups is 1. The van der Waals surface area contributed by atoms with Crippen LogP contribution in [0, 0.1) is 0 Å². The van der Waals surface area contributed by atoms with E-state index in [4.69, 9.17) is 0 Å². The highest BCUT2D eigenvalue weighted by Gasteiger charge is 2.05. The lowest BCUT2D eigenvalue weighted by atomic mass is 10.3. The summed E-state index contributed by atoms with van der Waals surface area (Å²) in [4.78, 5) is 2.81. The van der Waals surface area contributed by atoms with Crippen LogP contribution in [0.4, 0.5) is 0 Å². The monoisotopic (exact) mass is 294 g/mol. The van der Waals surface area contributed by atoms with Crippen LogP contribution in [-0.2, 0) is 0 Å². The Morgan fingerprint density at radius 2 is 2.00 bits per heavy atom. The summed E-state index contributed by atoms with van der Waals surface area (Å²) < 4.78 is 0. The molecule has 0 aliphatic heterocycles. The number of quaternary nitrogens is 1. The van der Waals surface area contributed by atoms with Crippen LogP contribution in [-0.4, -0.2) is 35.6 Å². The molecule has 0 unspecified atom stereocenters. The Balaban J connectivity index is 1.85. The zero-order valence-electron chi connectivity index (χ0n) is 11.4. The van der Waals surface area contributed by atoms with Crippen molar-refractivity contribution in [1.82, 2.24) is 10.2 Å². The van der Waals surface area contributed by atoms with Crippen molar-refractivity contribution >= 4 is 23.1 Å². The van der Waals surface area contributed by atoms with Gasteiger partial charge in [-0.05, 0) is 37.4 Å². The smallest absolute Gasteiger partial charge is 0.119 e. The molecule has 2 aromatic rings. The lowest BCUT2D eigenvalue weighted by molar-refractivity contribution is -0.893. The van der Waals surface area contributed by atoms with Crippen molar-refractivity contribution in [2.75, 3.05) is 25.4 Å². The fourth-order valence-corrected chi connectivity index (χ4v) is 3.41. The van der Waals surface area contributed by atoms with Gasteiger partial charge in [-0.2, -0.15) is 0 Å². The van der Waals surface area contributed by atoms with Crippen molar-refractivity contribution in [1.29, 1.82) is 0 Å². The van der Waals surface area contributed by atoms with E-state index < -0.39 is 0 Å². The van der Waals surface area contributed by atoms with Crippen molar-refractivity contribution in [3.8, 4) is 10.6 Å². The third-order valence-electron chi connectivity index (χ3n) is 3.12. The van der Waals surface area contributed by atoms with Crippen molar-refractivity contribution in [2.24, 2.45) is 0 Å². The quantitative estimate of drug-likeness (QED) is 0.794. The Morgan fingerprint density at radius 3 is 2.58 bits per heavy atom. The van der Waals surface area contributed by atoms with Crippen molar-refractivity contribution < 1.29 is 4.90 Å². The molecule has 0 aliphatic rings. The van der Waals surface area contributed by atoms with Gasteiger partial charge >= 0.3 is 0 Å². The van der Waals surface area contributed by atoms with E-state index in [0.29, 0.717) is 0 Å². The summed E-state index contributed by atoms with van der Waals surface area (Å²) in [6.45, 7) is 8.05. The van der Waals surface area contributed by atoms with Crippen LogP contribution < -0.4 is 4.90 Å². The van der Waals surface area contributed by atoms with E-state index in [9.17, 15) is 0 Å². The Hall–Kier alpha value is -0.910. The number of rotatable bonds is 7. The zero-order chi connectivity index (χ0) is 13.5. The number of nitrogens with zero attached hydrogens (tertiary/aromatic N) is 2. The van der Waals surface area contributed by atoms with E-state index in [1.807, 2.05) is 6.07 Å². The Bertz CT molecular complexity index is 464. The average molecular weight is 294 g/mol. The van der Waals surface area contributed by atoms with Gasteiger partial charge in [0.05, 0.1) is 24.5 Å². The summed E-state index contributed by atoms with van der Waals surface area (Å²) in [5.41, 5.74) is 0.966. The van der Waals surface area contributed by atoms with Crippen LogP contribution in [0.25, 0.3) is 10.6 Å². The number of thiophene rings is 1. The molecule has 0 spiro atoms. The number of nitrogens with one attached hydrogen (secondary N) is 1. The highest BCUT2D eigenvalue weighted by Crippen LogP contribution is 2.23. The third kappa shape index (κ3) is 4.30. The second kappa shape index (κ2) is 7.62. The van der Waals surface area contributed by atoms with E-state index in [1.165, 1.54) is 24.5 Å². The zero-order valence-corrected chi connectivity index (χ0v) is 13.1. The lowest BCUT2D eigenvalue weighted by Gasteiger charge is -2.14. The average Bonchev–Trinajstić information content (AvgIpc) is 2.98. The normalized spacial score (nSPS) is 11.1. The minimum Gasteiger partial charge on any atom is -0.335 e. The first-order valence-corrected chi connectivity index (χ1v) is 8.54. The van der Waals surface area contributed by atoms with Crippen molar-refractivity contribution in [2.45, 2.75) is 18.9 Å². The summed E-state index contributed by atoms with van der Waals surface area (Å²) >= 11 is 3.49. The van der Waals surface area contributed by atoms with Gasteiger partial charge in [0, 0.05) is 5.75 Å². The predicted molar refractivity (Wildman–Crippen MR) is 83.0 cm³/mol. The molecule has 0 saturated carbocycles. The molecule has 0 amide bonds. The minimum atomic E-state index is 0.966. The van der Waals surface area contributed by atoms with Gasteiger partial charge in [-0.15, -0.1) is 21.5 Å². The van der Waals surface area contributed by atoms with Gasteiger partial charge in [0.1, 0.15) is 10.7 Å². The maximum atomic E-state index is 4.29. The predicted octanol–water partition coefficient (Wildman–Crippen LogP) is 2.22. The third-order valence-corrected chi connectivity index (χ3v) is 4.93. The molecule has 1 N–H and O–H groups in total. The van der Waals surface area contributed by atoms with E-state index >= 15 is 0 Å². The molecule has 0 aromatic carbocycles. The molecule has 0 fully saturated rings. The van der Waals surface area contributed by atoms with E-state index in [0.717, 1.165) is 16.5 Å². The molecule has 0 bridgehead atoms. The number of hydrogen-bond acceptors (Lipinski definition) is 4. The highest BCUT2D eigenvalue weighted by molar-refractivity contribution is 7.99. The summed E-state index contributed by atoms with van der Waals surface area (Å²) in [5.74, 6) is 1.10. The van der Waals surface area contributed by atoms with Crippen LogP contribution in [0.15, 0.2) is 34.7 Å². The molecular weight excluding hydrogens is 274 g/mol. The second-order valence-corrected chi connectivity index (χ2v) is 6.35. The topological polar surface area (TPSA) is 30.2 Å². The van der Waals surface area contributed by atoms with Crippen LogP contribution in [0.1, 0.15) is 13.8 Å². The van der Waals surface area contributed by atoms with Crippen molar-refractivity contribution in [3.63, 3.8) is 0 Å². The first kappa shape index (κ1) is 14.5. The molecule has 2 heterocycles. The second-order valence-electron chi connectivity index (χ2n) is 4.29. The van der Waals surface area contributed by atoms with Gasteiger partial charge in [-0.25, -0.2) is 0 Å². The molecule has 102 valence electrons. The Morgan fingerprint density at radius 1 is 1.16 bits per heavy atom. The standard InChI is InChI=1S/C14H19N3S2/c1-3-17(4-2)9-11-19-14-8-7-12(15-16-14)13-6-5-10-18-13/h5-8,10H,3-4,9,11H2,1-2H3/p+1. The molecule has 0 radical (unpaired) electrons. The Kier molecular flexibility index (Phi) is 5.82. The van der Waals surface area contributed by atoms with Gasteiger partial charge in [0.25, 0.3) is 0 Å². The molecule has 0 saturated heterocycles. The van der Waals surface area contributed by atoms with Gasteiger partial charge < -0.3 is 4.90 Å². The van der Waals surface area contributed by atoms with Crippen molar-refractivity contribution in [3.05, 3.63) is 29.6 Å². The molecule has 19 heavy (non-hydrogen) atoms. The summed E-state index contributed by atoms with van der Waals surface area (Å²) in [7, 11) is 0. The van der Waals surface area contributed by atoms with Gasteiger partial charge in [-0.3, -0.25) is 0 Å². The summed E-state index contributed by atoms with van der Waals surface area (Å²) in [6, 6.07) is 8.25. The molecular formula is C14H20N3S2+. The number of aromatic nitrogens is 2. The summed E-state index contributed by atoms with van der Waals surface area (Å²) in [6.07, 6.45) is 0. The Labute approximate surface area is 123 Å². The van der Waals surface area contributed by atoms with Gasteiger partial charge in [0.2, 0.25) is 0 Å². The molecule has 0 atom stereocenters. The fraction of sp³-hybridized carbons (Fsp3) is 0.429.